The van der Waals surface area contributed by atoms with Crippen molar-refractivity contribution in [2.75, 3.05) is 37.5 Å². The predicted molar refractivity (Wildman–Crippen MR) is 145 cm³/mol. The number of likely N-dealkylation sites (N-methyl/N-ethyl adjacent to an activating group) is 1. The molecule has 0 spiro atoms. The van der Waals surface area contributed by atoms with Crippen molar-refractivity contribution in [2.24, 2.45) is 0 Å². The zero-order valence-electron chi connectivity index (χ0n) is 20.8. The summed E-state index contributed by atoms with van der Waals surface area (Å²) >= 11 is 6.37. The number of halogens is 1. The van der Waals surface area contributed by atoms with E-state index >= 15 is 0 Å². The summed E-state index contributed by atoms with van der Waals surface area (Å²) < 4.78 is 10.4. The number of methoxy groups -OCH3 is 1. The minimum absolute atomic E-state index is 0.0544. The summed E-state index contributed by atoms with van der Waals surface area (Å²) in [5, 5.41) is 5.08. The maximum absolute atomic E-state index is 12.8. The zero-order chi connectivity index (χ0) is 26.4. The third-order valence-corrected chi connectivity index (χ3v) is 5.93. The summed E-state index contributed by atoms with van der Waals surface area (Å²) in [5.74, 6) is 0.289. The fourth-order valence-electron chi connectivity index (χ4n) is 3.78. The van der Waals surface area contributed by atoms with Gasteiger partial charge in [-0.3, -0.25) is 9.59 Å². The molecule has 0 aliphatic heterocycles. The Morgan fingerprint density at radius 2 is 1.73 bits per heavy atom. The Kier molecular flexibility index (Phi) is 8.32. The molecule has 1 amide bonds. The van der Waals surface area contributed by atoms with Gasteiger partial charge in [0.25, 0.3) is 5.91 Å². The van der Waals surface area contributed by atoms with Crippen molar-refractivity contribution in [3.05, 3.63) is 88.8 Å². The molecule has 1 aromatic heterocycles. The van der Waals surface area contributed by atoms with Gasteiger partial charge in [-0.05, 0) is 40.6 Å². The Labute approximate surface area is 220 Å². The van der Waals surface area contributed by atoms with Crippen molar-refractivity contribution in [2.45, 2.75) is 13.3 Å². The highest BCUT2D eigenvalue weighted by Gasteiger charge is 2.20. The van der Waals surface area contributed by atoms with Crippen molar-refractivity contribution >= 4 is 45.8 Å². The van der Waals surface area contributed by atoms with Gasteiger partial charge in [0.2, 0.25) is 5.75 Å². The lowest BCUT2D eigenvalue weighted by Gasteiger charge is -2.21. The molecule has 0 saturated carbocycles. The van der Waals surface area contributed by atoms with Crippen LogP contribution in [-0.4, -0.2) is 49.2 Å². The van der Waals surface area contributed by atoms with Gasteiger partial charge < -0.3 is 19.7 Å². The number of ether oxygens (including phenoxy) is 2. The first-order valence-electron chi connectivity index (χ1n) is 11.7. The molecule has 0 aliphatic carbocycles. The smallest absolute Gasteiger partial charge is 0.308 e. The van der Waals surface area contributed by atoms with Gasteiger partial charge in [0, 0.05) is 45.3 Å². The van der Waals surface area contributed by atoms with Crippen molar-refractivity contribution in [3.8, 4) is 5.75 Å². The maximum atomic E-state index is 12.8. The van der Waals surface area contributed by atoms with Gasteiger partial charge in [0.15, 0.2) is 11.0 Å². The first-order valence-corrected chi connectivity index (χ1v) is 12.1. The van der Waals surface area contributed by atoms with Gasteiger partial charge in [0.1, 0.15) is 5.82 Å². The molecule has 1 N–H and O–H groups in total. The Morgan fingerprint density at radius 3 is 2.43 bits per heavy atom. The number of rotatable bonds is 9. The van der Waals surface area contributed by atoms with E-state index in [-0.39, 0.29) is 16.8 Å². The van der Waals surface area contributed by atoms with Crippen LogP contribution < -0.4 is 15.0 Å². The monoisotopic (exact) mass is 518 g/mol. The molecule has 0 fully saturated rings. The molecule has 37 heavy (non-hydrogen) atoms. The van der Waals surface area contributed by atoms with Crippen molar-refractivity contribution in [1.82, 2.24) is 9.97 Å². The topological polar surface area (TPSA) is 93.7 Å². The predicted octanol–water partition coefficient (Wildman–Crippen LogP) is 5.13. The first kappa shape index (κ1) is 26.1. The van der Waals surface area contributed by atoms with Gasteiger partial charge in [-0.25, -0.2) is 9.97 Å². The van der Waals surface area contributed by atoms with E-state index < -0.39 is 5.97 Å². The number of benzene rings is 3. The van der Waals surface area contributed by atoms with Crippen LogP contribution in [0.2, 0.25) is 5.15 Å². The lowest BCUT2D eigenvalue weighted by molar-refractivity contribution is -0.131. The number of hydrogen-bond donors (Lipinski definition) is 1. The number of nitrogens with one attached hydrogen (secondary N) is 1. The Morgan fingerprint density at radius 1 is 1.00 bits per heavy atom. The van der Waals surface area contributed by atoms with Gasteiger partial charge in [-0.1, -0.05) is 54.1 Å². The van der Waals surface area contributed by atoms with Crippen LogP contribution in [0.15, 0.2) is 66.7 Å². The van der Waals surface area contributed by atoms with Gasteiger partial charge >= 0.3 is 5.97 Å². The molecule has 0 radical (unpaired) electrons. The highest BCUT2D eigenvalue weighted by Crippen LogP contribution is 2.33. The summed E-state index contributed by atoms with van der Waals surface area (Å²) in [6.07, 6.45) is 0.393. The van der Waals surface area contributed by atoms with Gasteiger partial charge in [0.05, 0.1) is 6.61 Å². The van der Waals surface area contributed by atoms with Crippen LogP contribution in [0.1, 0.15) is 28.7 Å². The summed E-state index contributed by atoms with van der Waals surface area (Å²) in [6.45, 7) is 2.27. The molecule has 0 saturated heterocycles. The average Bonchev–Trinajstić information content (AvgIpc) is 2.89. The number of carbonyl (C=O) groups excluding carboxylic acids is 2. The van der Waals surface area contributed by atoms with Crippen molar-refractivity contribution < 1.29 is 19.1 Å². The van der Waals surface area contributed by atoms with E-state index in [1.54, 1.807) is 12.0 Å². The molecule has 190 valence electrons. The molecule has 0 unspecified atom stereocenters. The normalized spacial score (nSPS) is 10.8. The molecular weight excluding hydrogens is 492 g/mol. The summed E-state index contributed by atoms with van der Waals surface area (Å²) in [7, 11) is 3.41. The maximum Gasteiger partial charge on any atom is 0.308 e. The van der Waals surface area contributed by atoms with Crippen LogP contribution in [-0.2, 0) is 16.0 Å². The number of fused-ring (bicyclic) bond motifs is 1. The van der Waals surface area contributed by atoms with Crippen LogP contribution >= 0.6 is 11.6 Å². The van der Waals surface area contributed by atoms with Crippen molar-refractivity contribution in [3.63, 3.8) is 0 Å². The van der Waals surface area contributed by atoms with Crippen LogP contribution in [0, 0.1) is 0 Å². The summed E-state index contributed by atoms with van der Waals surface area (Å²) in [6, 6.07) is 21.0. The molecule has 0 atom stereocenters. The fourth-order valence-corrected chi connectivity index (χ4v) is 4.00. The van der Waals surface area contributed by atoms with Crippen LogP contribution in [0.25, 0.3) is 10.8 Å². The molecule has 0 aliphatic rings. The van der Waals surface area contributed by atoms with E-state index in [1.807, 2.05) is 73.8 Å². The van der Waals surface area contributed by atoms with E-state index in [9.17, 15) is 9.59 Å². The number of anilines is 2. The lowest BCUT2D eigenvalue weighted by atomic mass is 10.1. The Bertz CT molecular complexity index is 1430. The number of hydrogen-bond acceptors (Lipinski definition) is 7. The van der Waals surface area contributed by atoms with E-state index in [1.165, 1.54) is 6.92 Å². The largest absolute Gasteiger partial charge is 0.419 e. The third kappa shape index (κ3) is 6.61. The first-order chi connectivity index (χ1) is 17.8. The van der Waals surface area contributed by atoms with Gasteiger partial charge in [-0.2, -0.15) is 0 Å². The van der Waals surface area contributed by atoms with E-state index in [2.05, 4.69) is 15.3 Å². The highest BCUT2D eigenvalue weighted by atomic mass is 35.5. The SMILES string of the molecule is COCCN(C)c1nc(Cc2ccc(NC(=O)c3ccc4ccccc4c3)cc2)nc(Cl)c1OC(C)=O. The van der Waals surface area contributed by atoms with Crippen LogP contribution in [0.5, 0.6) is 5.75 Å². The second kappa shape index (κ2) is 11.8. The van der Waals surface area contributed by atoms with Crippen LogP contribution in [0.4, 0.5) is 11.5 Å². The number of amides is 1. The van der Waals surface area contributed by atoms with E-state index in [4.69, 9.17) is 21.1 Å². The number of aromatic nitrogens is 2. The molecule has 9 heteroatoms. The minimum Gasteiger partial charge on any atom is -0.419 e. The number of nitrogens with zero attached hydrogens (tertiary/aromatic N) is 3. The number of esters is 1. The summed E-state index contributed by atoms with van der Waals surface area (Å²) in [5.41, 5.74) is 2.18. The van der Waals surface area contributed by atoms with Crippen molar-refractivity contribution in [1.29, 1.82) is 0 Å². The minimum atomic E-state index is -0.513. The molecule has 4 aromatic rings. The number of carbonyl (C=O) groups is 2. The van der Waals surface area contributed by atoms with E-state index in [0.717, 1.165) is 16.3 Å². The third-order valence-electron chi connectivity index (χ3n) is 5.68. The molecule has 8 nitrogen and oxygen atoms in total. The summed E-state index contributed by atoms with van der Waals surface area (Å²) in [4.78, 5) is 35.1. The quantitative estimate of drug-likeness (QED) is 0.242. The van der Waals surface area contributed by atoms with E-state index in [0.29, 0.717) is 42.5 Å². The highest BCUT2D eigenvalue weighted by molar-refractivity contribution is 6.31. The standard InChI is InChI=1S/C28H27ClN4O4/c1-18(34)37-25-26(29)31-24(32-27(25)33(2)14-15-36-3)16-19-8-12-23(13-9-19)30-28(35)22-11-10-20-6-4-5-7-21(20)17-22/h4-13,17H,14-16H2,1-3H3,(H,30,35). The molecular formula is C28H27ClN4O4. The second-order valence-electron chi connectivity index (χ2n) is 8.48. The molecule has 3 aromatic carbocycles. The second-order valence-corrected chi connectivity index (χ2v) is 8.84. The zero-order valence-corrected chi connectivity index (χ0v) is 21.6. The molecule has 0 bridgehead atoms. The average molecular weight is 519 g/mol. The molecule has 1 heterocycles. The Hall–Kier alpha value is -4.01. The van der Waals surface area contributed by atoms with Gasteiger partial charge in [-0.15, -0.1) is 0 Å². The fraction of sp³-hybridized carbons (Fsp3) is 0.214. The molecule has 4 rings (SSSR count). The van der Waals surface area contributed by atoms with Crippen LogP contribution in [0.3, 0.4) is 0 Å². The lowest BCUT2D eigenvalue weighted by Crippen LogP contribution is -2.25. The Balaban J connectivity index is 1.49.